The first kappa shape index (κ1) is 19.9. The largest absolute Gasteiger partial charge is 0.455 e. The van der Waals surface area contributed by atoms with E-state index in [0.717, 1.165) is 6.26 Å². The second-order valence-corrected chi connectivity index (χ2v) is 8.02. The number of benzene rings is 1. The molecule has 2 amide bonds. The standard InChI is InChI=1S/C16H21N3O6S/c1-26(23,24)19-8-6-12(7-9-19)16(22)25-10-14(20)18-13-4-2-11(3-5-13)15(17)21/h2-5,12H,6-10H2,1H3,(H2,17,21)(H,18,20). The monoisotopic (exact) mass is 383 g/mol. The Morgan fingerprint density at radius 3 is 2.27 bits per heavy atom. The minimum atomic E-state index is -3.26. The van der Waals surface area contributed by atoms with Crippen molar-refractivity contribution in [3.8, 4) is 0 Å². The zero-order chi connectivity index (χ0) is 19.3. The fraction of sp³-hybridized carbons (Fsp3) is 0.438. The number of hydrogen-bond donors (Lipinski definition) is 2. The van der Waals surface area contributed by atoms with E-state index in [0.29, 0.717) is 24.1 Å². The Hall–Kier alpha value is -2.46. The number of nitrogens with zero attached hydrogens (tertiary/aromatic N) is 1. The van der Waals surface area contributed by atoms with Crippen LogP contribution in [0.1, 0.15) is 23.2 Å². The lowest BCUT2D eigenvalue weighted by atomic mass is 9.98. The van der Waals surface area contributed by atoms with Crippen LogP contribution in [0.5, 0.6) is 0 Å². The number of sulfonamides is 1. The second kappa shape index (κ2) is 8.28. The van der Waals surface area contributed by atoms with Crippen molar-refractivity contribution in [3.63, 3.8) is 0 Å². The minimum absolute atomic E-state index is 0.261. The quantitative estimate of drug-likeness (QED) is 0.661. The predicted molar refractivity (Wildman–Crippen MR) is 93.7 cm³/mol. The smallest absolute Gasteiger partial charge is 0.309 e. The maximum atomic E-state index is 12.0. The van der Waals surface area contributed by atoms with Gasteiger partial charge in [-0.05, 0) is 37.1 Å². The Morgan fingerprint density at radius 2 is 1.77 bits per heavy atom. The van der Waals surface area contributed by atoms with Gasteiger partial charge in [0.25, 0.3) is 5.91 Å². The number of carbonyl (C=O) groups excluding carboxylic acids is 3. The molecule has 0 aliphatic carbocycles. The summed E-state index contributed by atoms with van der Waals surface area (Å²) in [6.07, 6.45) is 1.86. The van der Waals surface area contributed by atoms with Crippen molar-refractivity contribution in [3.05, 3.63) is 29.8 Å². The summed E-state index contributed by atoms with van der Waals surface area (Å²) in [5.74, 6) is -2.02. The molecule has 10 heteroatoms. The fourth-order valence-electron chi connectivity index (χ4n) is 2.59. The molecule has 2 rings (SSSR count). The van der Waals surface area contributed by atoms with Crippen LogP contribution in [0.25, 0.3) is 0 Å². The van der Waals surface area contributed by atoms with Crippen molar-refractivity contribution in [1.29, 1.82) is 0 Å². The van der Waals surface area contributed by atoms with E-state index in [1.165, 1.54) is 28.6 Å². The maximum absolute atomic E-state index is 12.0. The molecule has 3 N–H and O–H groups in total. The van der Waals surface area contributed by atoms with Crippen molar-refractivity contribution in [2.75, 3.05) is 31.3 Å². The van der Waals surface area contributed by atoms with Gasteiger partial charge in [-0.3, -0.25) is 14.4 Å². The van der Waals surface area contributed by atoms with E-state index in [2.05, 4.69) is 5.32 Å². The minimum Gasteiger partial charge on any atom is -0.455 e. The second-order valence-electron chi connectivity index (χ2n) is 6.03. The molecule has 1 aromatic carbocycles. The summed E-state index contributed by atoms with van der Waals surface area (Å²) in [5, 5.41) is 2.54. The van der Waals surface area contributed by atoms with Gasteiger partial charge in [-0.25, -0.2) is 12.7 Å². The fourth-order valence-corrected chi connectivity index (χ4v) is 3.47. The van der Waals surface area contributed by atoms with Gasteiger partial charge < -0.3 is 15.8 Å². The van der Waals surface area contributed by atoms with Crippen molar-refractivity contribution in [1.82, 2.24) is 4.31 Å². The molecule has 1 heterocycles. The Kier molecular flexibility index (Phi) is 6.32. The molecule has 0 spiro atoms. The van der Waals surface area contributed by atoms with Gasteiger partial charge in [-0.1, -0.05) is 0 Å². The van der Waals surface area contributed by atoms with Crippen LogP contribution in [0.15, 0.2) is 24.3 Å². The van der Waals surface area contributed by atoms with Crippen LogP contribution in [0.2, 0.25) is 0 Å². The number of rotatable bonds is 6. The third-order valence-electron chi connectivity index (χ3n) is 4.05. The Bertz CT molecular complexity index is 783. The van der Waals surface area contributed by atoms with Crippen LogP contribution in [0.4, 0.5) is 5.69 Å². The Balaban J connectivity index is 1.77. The highest BCUT2D eigenvalue weighted by molar-refractivity contribution is 7.88. The van der Waals surface area contributed by atoms with Crippen LogP contribution in [0, 0.1) is 5.92 Å². The van der Waals surface area contributed by atoms with Crippen molar-refractivity contribution in [2.24, 2.45) is 11.7 Å². The molecule has 9 nitrogen and oxygen atoms in total. The number of carbonyl (C=O) groups is 3. The summed E-state index contributed by atoms with van der Waals surface area (Å²) < 4.78 is 29.2. The van der Waals surface area contributed by atoms with Crippen LogP contribution in [-0.4, -0.2) is 56.5 Å². The van der Waals surface area contributed by atoms with Crippen LogP contribution in [-0.2, 0) is 24.3 Å². The molecule has 0 unspecified atom stereocenters. The van der Waals surface area contributed by atoms with Gasteiger partial charge in [0.15, 0.2) is 6.61 Å². The number of nitrogens with two attached hydrogens (primary N) is 1. The number of anilines is 1. The first-order valence-electron chi connectivity index (χ1n) is 7.98. The number of hydrogen-bond acceptors (Lipinski definition) is 6. The normalized spacial score (nSPS) is 16.0. The molecule has 142 valence electrons. The number of nitrogens with one attached hydrogen (secondary N) is 1. The lowest BCUT2D eigenvalue weighted by Gasteiger charge is -2.28. The van der Waals surface area contributed by atoms with Gasteiger partial charge >= 0.3 is 5.97 Å². The molecule has 1 aliphatic heterocycles. The molecule has 0 bridgehead atoms. The van der Waals surface area contributed by atoms with Crippen molar-refractivity contribution < 1.29 is 27.5 Å². The van der Waals surface area contributed by atoms with Crippen LogP contribution >= 0.6 is 0 Å². The van der Waals surface area contributed by atoms with Crippen molar-refractivity contribution in [2.45, 2.75) is 12.8 Å². The molecule has 0 radical (unpaired) electrons. The summed E-state index contributed by atoms with van der Waals surface area (Å²) in [5.41, 5.74) is 5.89. The molecule has 26 heavy (non-hydrogen) atoms. The molecule has 1 saturated heterocycles. The Labute approximate surface area is 151 Å². The van der Waals surface area contributed by atoms with E-state index in [-0.39, 0.29) is 13.1 Å². The lowest BCUT2D eigenvalue weighted by Crippen LogP contribution is -2.40. The third-order valence-corrected chi connectivity index (χ3v) is 5.36. The van der Waals surface area contributed by atoms with Crippen LogP contribution < -0.4 is 11.1 Å². The third kappa shape index (κ3) is 5.53. The molecule has 0 atom stereocenters. The van der Waals surface area contributed by atoms with Gasteiger partial charge in [-0.15, -0.1) is 0 Å². The van der Waals surface area contributed by atoms with Crippen LogP contribution in [0.3, 0.4) is 0 Å². The summed E-state index contributed by atoms with van der Waals surface area (Å²) >= 11 is 0. The highest BCUT2D eigenvalue weighted by Gasteiger charge is 2.30. The molecule has 0 aromatic heterocycles. The number of piperidine rings is 1. The maximum Gasteiger partial charge on any atom is 0.309 e. The van der Waals surface area contributed by atoms with Crippen molar-refractivity contribution >= 4 is 33.5 Å². The van der Waals surface area contributed by atoms with E-state index in [1.54, 1.807) is 0 Å². The average Bonchev–Trinajstić information content (AvgIpc) is 2.59. The molecular weight excluding hydrogens is 362 g/mol. The zero-order valence-electron chi connectivity index (χ0n) is 14.3. The summed E-state index contributed by atoms with van der Waals surface area (Å²) in [7, 11) is -3.26. The predicted octanol–water partition coefficient (Wildman–Crippen LogP) is -0.0612. The highest BCUT2D eigenvalue weighted by atomic mass is 32.2. The number of esters is 1. The SMILES string of the molecule is CS(=O)(=O)N1CCC(C(=O)OCC(=O)Nc2ccc(C(N)=O)cc2)CC1. The summed E-state index contributed by atoms with van der Waals surface area (Å²) in [6, 6.07) is 5.97. The zero-order valence-corrected chi connectivity index (χ0v) is 15.1. The van der Waals surface area contributed by atoms with Gasteiger partial charge in [-0.2, -0.15) is 0 Å². The first-order valence-corrected chi connectivity index (χ1v) is 9.83. The molecule has 1 fully saturated rings. The van der Waals surface area contributed by atoms with Gasteiger partial charge in [0.1, 0.15) is 0 Å². The van der Waals surface area contributed by atoms with E-state index < -0.39 is 40.3 Å². The number of amides is 2. The highest BCUT2D eigenvalue weighted by Crippen LogP contribution is 2.20. The molecule has 1 aliphatic rings. The number of ether oxygens (including phenoxy) is 1. The van der Waals surface area contributed by atoms with E-state index in [4.69, 9.17) is 10.5 Å². The van der Waals surface area contributed by atoms with Gasteiger partial charge in [0.2, 0.25) is 15.9 Å². The van der Waals surface area contributed by atoms with E-state index in [9.17, 15) is 22.8 Å². The molecule has 0 saturated carbocycles. The number of primary amides is 1. The molecule has 1 aromatic rings. The summed E-state index contributed by atoms with van der Waals surface area (Å²) in [6.45, 7) is 0.0801. The van der Waals surface area contributed by atoms with E-state index in [1.807, 2.05) is 0 Å². The lowest BCUT2D eigenvalue weighted by molar-refractivity contribution is -0.152. The topological polar surface area (TPSA) is 136 Å². The van der Waals surface area contributed by atoms with Gasteiger partial charge in [0, 0.05) is 24.3 Å². The first-order chi connectivity index (χ1) is 12.2. The Morgan fingerprint density at radius 1 is 1.19 bits per heavy atom. The van der Waals surface area contributed by atoms with Gasteiger partial charge in [0.05, 0.1) is 12.2 Å². The molecular formula is C16H21N3O6S. The summed E-state index contributed by atoms with van der Waals surface area (Å²) in [4.78, 5) is 34.8. The average molecular weight is 383 g/mol. The van der Waals surface area contributed by atoms with E-state index >= 15 is 0 Å².